The van der Waals surface area contributed by atoms with Crippen LogP contribution in [0.2, 0.25) is 0 Å². The first kappa shape index (κ1) is 12.5. The molecule has 1 aliphatic heterocycles. The summed E-state index contributed by atoms with van der Waals surface area (Å²) in [5.74, 6) is 0.257. The fourth-order valence-electron chi connectivity index (χ4n) is 2.86. The van der Waals surface area contributed by atoms with Crippen molar-refractivity contribution in [2.24, 2.45) is 0 Å². The van der Waals surface area contributed by atoms with Crippen LogP contribution in [0.5, 0.6) is 0 Å². The van der Waals surface area contributed by atoms with E-state index in [1.807, 2.05) is 29.2 Å². The van der Waals surface area contributed by atoms with Gasteiger partial charge in [0.15, 0.2) is 0 Å². The van der Waals surface area contributed by atoms with Gasteiger partial charge in [0.25, 0.3) is 0 Å². The molecule has 4 heteroatoms. The molecular weight excluding hydrogens is 240 g/mol. The molecule has 1 aliphatic carbocycles. The maximum Gasteiger partial charge on any atom is 0.233 e. The average Bonchev–Trinajstić information content (AvgIpc) is 3.21. The van der Waals surface area contributed by atoms with Gasteiger partial charge in [0.1, 0.15) is 0 Å². The van der Waals surface area contributed by atoms with E-state index in [4.69, 9.17) is 10.5 Å². The summed E-state index contributed by atoms with van der Waals surface area (Å²) in [7, 11) is 0. The lowest BCUT2D eigenvalue weighted by Gasteiger charge is -2.36. The van der Waals surface area contributed by atoms with Gasteiger partial charge in [0.05, 0.1) is 24.7 Å². The first-order chi connectivity index (χ1) is 9.13. The quantitative estimate of drug-likeness (QED) is 0.821. The van der Waals surface area contributed by atoms with Crippen molar-refractivity contribution < 1.29 is 9.53 Å². The number of ether oxygens (including phenoxy) is 1. The highest BCUT2D eigenvalue weighted by Crippen LogP contribution is 2.50. The molecule has 1 saturated heterocycles. The average molecular weight is 260 g/mol. The van der Waals surface area contributed by atoms with Gasteiger partial charge < -0.3 is 15.4 Å². The largest absolute Gasteiger partial charge is 0.399 e. The second-order valence-corrected chi connectivity index (χ2v) is 5.63. The number of carbonyl (C=O) groups excluding carboxylic acids is 1. The summed E-state index contributed by atoms with van der Waals surface area (Å²) in [4.78, 5) is 14.8. The van der Waals surface area contributed by atoms with Crippen molar-refractivity contribution >= 4 is 11.6 Å². The van der Waals surface area contributed by atoms with Crippen molar-refractivity contribution in [3.63, 3.8) is 0 Å². The predicted octanol–water partition coefficient (Wildman–Crippen LogP) is 1.55. The van der Waals surface area contributed by atoms with Gasteiger partial charge in [-0.05, 0) is 37.5 Å². The van der Waals surface area contributed by atoms with Crippen molar-refractivity contribution in [2.75, 3.05) is 25.5 Å². The zero-order chi connectivity index (χ0) is 13.5. The maximum atomic E-state index is 12.8. The third-order valence-corrected chi connectivity index (χ3v) is 4.25. The summed E-state index contributed by atoms with van der Waals surface area (Å²) < 4.78 is 5.41. The number of anilines is 1. The van der Waals surface area contributed by atoms with Crippen molar-refractivity contribution in [1.29, 1.82) is 0 Å². The van der Waals surface area contributed by atoms with Crippen LogP contribution in [-0.2, 0) is 14.9 Å². The molecule has 0 unspecified atom stereocenters. The lowest BCUT2D eigenvalue weighted by molar-refractivity contribution is -0.141. The lowest BCUT2D eigenvalue weighted by atomic mass is 9.93. The van der Waals surface area contributed by atoms with E-state index < -0.39 is 0 Å². The molecule has 1 aromatic rings. The summed E-state index contributed by atoms with van der Waals surface area (Å²) in [6, 6.07) is 7.92. The van der Waals surface area contributed by atoms with Gasteiger partial charge in [-0.3, -0.25) is 4.79 Å². The van der Waals surface area contributed by atoms with Gasteiger partial charge in [-0.1, -0.05) is 12.1 Å². The monoisotopic (exact) mass is 260 g/mol. The second-order valence-electron chi connectivity index (χ2n) is 5.63. The Labute approximate surface area is 113 Å². The number of morpholine rings is 1. The molecule has 2 fully saturated rings. The van der Waals surface area contributed by atoms with Crippen molar-refractivity contribution in [3.05, 3.63) is 29.8 Å². The molecule has 2 aliphatic rings. The Balaban J connectivity index is 1.84. The van der Waals surface area contributed by atoms with Crippen molar-refractivity contribution in [1.82, 2.24) is 4.90 Å². The number of nitrogen functional groups attached to an aromatic ring is 1. The van der Waals surface area contributed by atoms with E-state index in [0.717, 1.165) is 24.1 Å². The lowest BCUT2D eigenvalue weighted by Crippen LogP contribution is -2.50. The van der Waals surface area contributed by atoms with Crippen molar-refractivity contribution in [3.8, 4) is 0 Å². The Morgan fingerprint density at radius 1 is 1.37 bits per heavy atom. The fourth-order valence-corrected chi connectivity index (χ4v) is 2.86. The summed E-state index contributed by atoms with van der Waals surface area (Å²) in [6.45, 7) is 4.05. The van der Waals surface area contributed by atoms with E-state index in [2.05, 4.69) is 6.92 Å². The maximum absolute atomic E-state index is 12.8. The normalized spacial score (nSPS) is 25.1. The second kappa shape index (κ2) is 4.53. The number of carbonyl (C=O) groups is 1. The Morgan fingerprint density at radius 3 is 2.63 bits per heavy atom. The number of benzene rings is 1. The molecule has 1 saturated carbocycles. The number of hydrogen-bond donors (Lipinski definition) is 1. The molecule has 0 spiro atoms. The Hall–Kier alpha value is -1.55. The molecule has 1 heterocycles. The molecule has 3 rings (SSSR count). The smallest absolute Gasteiger partial charge is 0.233 e. The molecular formula is C15H20N2O2. The van der Waals surface area contributed by atoms with Crippen molar-refractivity contribution in [2.45, 2.75) is 31.2 Å². The minimum absolute atomic E-state index is 0.174. The highest BCUT2D eigenvalue weighted by atomic mass is 16.5. The van der Waals surface area contributed by atoms with E-state index in [0.29, 0.717) is 19.8 Å². The third kappa shape index (κ3) is 2.10. The highest BCUT2D eigenvalue weighted by Gasteiger charge is 2.53. The molecule has 102 valence electrons. The molecule has 1 aromatic carbocycles. The van der Waals surface area contributed by atoms with Crippen LogP contribution in [0, 0.1) is 0 Å². The third-order valence-electron chi connectivity index (χ3n) is 4.25. The SMILES string of the molecule is C[C@@H]1COCCN1C(=O)C1(c2ccc(N)cc2)CC1. The van der Waals surface area contributed by atoms with E-state index >= 15 is 0 Å². The zero-order valence-electron chi connectivity index (χ0n) is 11.3. The number of rotatable bonds is 2. The van der Waals surface area contributed by atoms with Crippen LogP contribution in [0.25, 0.3) is 0 Å². The number of amides is 1. The van der Waals surface area contributed by atoms with Gasteiger partial charge >= 0.3 is 0 Å². The molecule has 2 N–H and O–H groups in total. The number of nitrogens with two attached hydrogens (primary N) is 1. The Bertz CT molecular complexity index is 479. The fraction of sp³-hybridized carbons (Fsp3) is 0.533. The first-order valence-electron chi connectivity index (χ1n) is 6.88. The van der Waals surface area contributed by atoms with Crippen LogP contribution in [0.1, 0.15) is 25.3 Å². The van der Waals surface area contributed by atoms with Crippen LogP contribution in [0.4, 0.5) is 5.69 Å². The summed E-state index contributed by atoms with van der Waals surface area (Å²) in [6.07, 6.45) is 1.89. The molecule has 0 aromatic heterocycles. The van der Waals surface area contributed by atoms with Gasteiger partial charge in [-0.15, -0.1) is 0 Å². The molecule has 0 bridgehead atoms. The van der Waals surface area contributed by atoms with Crippen LogP contribution in [-0.4, -0.2) is 36.6 Å². The number of nitrogens with zero attached hydrogens (tertiary/aromatic N) is 1. The van der Waals surface area contributed by atoms with E-state index in [9.17, 15) is 4.79 Å². The van der Waals surface area contributed by atoms with E-state index in [1.165, 1.54) is 0 Å². The first-order valence-corrected chi connectivity index (χ1v) is 6.88. The standard InChI is InChI=1S/C15H20N2O2/c1-11-10-19-9-8-17(11)14(18)15(6-7-15)12-2-4-13(16)5-3-12/h2-5,11H,6-10,16H2,1H3/t11-/m1/s1. The zero-order valence-corrected chi connectivity index (χ0v) is 11.3. The topological polar surface area (TPSA) is 55.6 Å². The summed E-state index contributed by atoms with van der Waals surface area (Å²) in [5.41, 5.74) is 7.27. The van der Waals surface area contributed by atoms with Gasteiger partial charge in [0.2, 0.25) is 5.91 Å². The summed E-state index contributed by atoms with van der Waals surface area (Å²) >= 11 is 0. The highest BCUT2D eigenvalue weighted by molar-refractivity contribution is 5.91. The Kier molecular flexibility index (Phi) is 2.97. The molecule has 1 amide bonds. The number of hydrogen-bond acceptors (Lipinski definition) is 3. The van der Waals surface area contributed by atoms with Gasteiger partial charge in [-0.2, -0.15) is 0 Å². The van der Waals surface area contributed by atoms with Gasteiger partial charge in [-0.25, -0.2) is 0 Å². The van der Waals surface area contributed by atoms with Crippen LogP contribution < -0.4 is 5.73 Å². The minimum Gasteiger partial charge on any atom is -0.399 e. The van der Waals surface area contributed by atoms with Crippen LogP contribution in [0.15, 0.2) is 24.3 Å². The Morgan fingerprint density at radius 2 is 2.05 bits per heavy atom. The predicted molar refractivity (Wildman–Crippen MR) is 73.8 cm³/mol. The van der Waals surface area contributed by atoms with Crippen LogP contribution in [0.3, 0.4) is 0 Å². The molecule has 0 radical (unpaired) electrons. The van der Waals surface area contributed by atoms with Gasteiger partial charge in [0, 0.05) is 12.2 Å². The van der Waals surface area contributed by atoms with E-state index in [1.54, 1.807) is 0 Å². The molecule has 19 heavy (non-hydrogen) atoms. The molecule has 1 atom stereocenters. The van der Waals surface area contributed by atoms with E-state index in [-0.39, 0.29) is 17.4 Å². The minimum atomic E-state index is -0.292. The summed E-state index contributed by atoms with van der Waals surface area (Å²) in [5, 5.41) is 0. The molecule has 4 nitrogen and oxygen atoms in total. The van der Waals surface area contributed by atoms with Crippen LogP contribution >= 0.6 is 0 Å².